The van der Waals surface area contributed by atoms with Gasteiger partial charge in [0.2, 0.25) is 0 Å². The van der Waals surface area contributed by atoms with Crippen molar-refractivity contribution in [1.29, 1.82) is 0 Å². The third kappa shape index (κ3) is 2.41. The van der Waals surface area contributed by atoms with Crippen molar-refractivity contribution in [3.63, 3.8) is 0 Å². The normalized spacial score (nSPS) is 24.2. The van der Waals surface area contributed by atoms with Crippen LogP contribution < -0.4 is 10.1 Å². The number of anilines is 1. The highest BCUT2D eigenvalue weighted by molar-refractivity contribution is 5.64. The summed E-state index contributed by atoms with van der Waals surface area (Å²) in [5, 5.41) is 3.85. The summed E-state index contributed by atoms with van der Waals surface area (Å²) in [7, 11) is 0. The maximum Gasteiger partial charge on any atom is 0.124 e. The number of hydrogen-bond acceptors (Lipinski definition) is 2. The second-order valence-corrected chi connectivity index (χ2v) is 6.99. The zero-order chi connectivity index (χ0) is 16.7. The molecule has 2 aromatic carbocycles. The van der Waals surface area contributed by atoms with Crippen molar-refractivity contribution < 1.29 is 4.74 Å². The van der Waals surface area contributed by atoms with E-state index in [0.29, 0.717) is 24.5 Å². The minimum Gasteiger partial charge on any atom is -0.494 e. The van der Waals surface area contributed by atoms with Crippen LogP contribution in [-0.2, 0) is 0 Å². The van der Waals surface area contributed by atoms with Gasteiger partial charge in [0.05, 0.1) is 12.6 Å². The van der Waals surface area contributed by atoms with E-state index in [4.69, 9.17) is 4.74 Å². The molecule has 124 valence electrons. The number of hydrogen-bond donors (Lipinski definition) is 1. The first-order chi connectivity index (χ1) is 11.7. The summed E-state index contributed by atoms with van der Waals surface area (Å²) in [5.74, 6) is 2.07. The third-order valence-corrected chi connectivity index (χ3v) is 5.37. The maximum absolute atomic E-state index is 5.91. The highest BCUT2D eigenvalue weighted by Gasteiger charge is 2.39. The van der Waals surface area contributed by atoms with E-state index in [1.165, 1.54) is 27.9 Å². The lowest BCUT2D eigenvalue weighted by Gasteiger charge is -2.39. The van der Waals surface area contributed by atoms with Crippen LogP contribution in [0.4, 0.5) is 5.69 Å². The number of fused-ring (bicyclic) bond motifs is 3. The minimum absolute atomic E-state index is 0.293. The van der Waals surface area contributed by atoms with Crippen LogP contribution >= 0.6 is 0 Å². The summed E-state index contributed by atoms with van der Waals surface area (Å²) in [6, 6.07) is 13.4. The molecule has 0 saturated carbocycles. The molecule has 0 bridgehead atoms. The Morgan fingerprint density at radius 1 is 1.17 bits per heavy atom. The molecule has 0 amide bonds. The summed E-state index contributed by atoms with van der Waals surface area (Å²) in [6.45, 7) is 7.16. The molecular formula is C22H25NO. The molecule has 2 aliphatic rings. The van der Waals surface area contributed by atoms with Gasteiger partial charge in [-0.1, -0.05) is 36.4 Å². The Morgan fingerprint density at radius 3 is 2.83 bits per heavy atom. The van der Waals surface area contributed by atoms with Gasteiger partial charge in [0.25, 0.3) is 0 Å². The Morgan fingerprint density at radius 2 is 2.00 bits per heavy atom. The molecule has 0 fully saturated rings. The van der Waals surface area contributed by atoms with Crippen LogP contribution in [-0.4, -0.2) is 6.61 Å². The number of nitrogens with one attached hydrogen (secondary N) is 1. The highest BCUT2D eigenvalue weighted by atomic mass is 16.5. The summed E-state index contributed by atoms with van der Waals surface area (Å²) in [4.78, 5) is 0. The monoisotopic (exact) mass is 319 g/mol. The van der Waals surface area contributed by atoms with Crippen molar-refractivity contribution >= 4 is 5.69 Å². The lowest BCUT2D eigenvalue weighted by atomic mass is 9.75. The lowest BCUT2D eigenvalue weighted by Crippen LogP contribution is -2.30. The van der Waals surface area contributed by atoms with Crippen molar-refractivity contribution in [3.05, 3.63) is 70.8 Å². The molecule has 1 aliphatic heterocycles. The molecule has 1 aliphatic carbocycles. The molecule has 2 heteroatoms. The van der Waals surface area contributed by atoms with E-state index >= 15 is 0 Å². The number of benzene rings is 2. The standard InChI is InChI=1S/C22H25NO/c1-4-24-20-11-6-5-8-18(20)22-17-10-7-9-16(17)21-15(3)12-14(2)13-19(21)23-22/h5-9,11-13,16-17,22-23H,4,10H2,1-3H3. The zero-order valence-corrected chi connectivity index (χ0v) is 14.7. The Bertz CT molecular complexity index is 793. The summed E-state index contributed by atoms with van der Waals surface area (Å²) >= 11 is 0. The summed E-state index contributed by atoms with van der Waals surface area (Å²) in [6.07, 6.45) is 5.88. The molecule has 1 N–H and O–H groups in total. The van der Waals surface area contributed by atoms with Gasteiger partial charge in [-0.3, -0.25) is 0 Å². The van der Waals surface area contributed by atoms with Crippen molar-refractivity contribution in [3.8, 4) is 5.75 Å². The van der Waals surface area contributed by atoms with Crippen LogP contribution in [0.1, 0.15) is 47.6 Å². The highest BCUT2D eigenvalue weighted by Crippen LogP contribution is 2.52. The quantitative estimate of drug-likeness (QED) is 0.751. The second-order valence-electron chi connectivity index (χ2n) is 6.99. The Labute approximate surface area is 144 Å². The number of ether oxygens (including phenoxy) is 1. The molecule has 0 saturated heterocycles. The van der Waals surface area contributed by atoms with E-state index < -0.39 is 0 Å². The smallest absolute Gasteiger partial charge is 0.124 e. The maximum atomic E-state index is 5.91. The van der Waals surface area contributed by atoms with Crippen molar-refractivity contribution in [2.75, 3.05) is 11.9 Å². The van der Waals surface area contributed by atoms with Crippen LogP contribution in [0.5, 0.6) is 5.75 Å². The van der Waals surface area contributed by atoms with Crippen LogP contribution in [0.3, 0.4) is 0 Å². The van der Waals surface area contributed by atoms with E-state index in [0.717, 1.165) is 12.2 Å². The molecule has 3 atom stereocenters. The number of allylic oxidation sites excluding steroid dienone is 2. The molecule has 24 heavy (non-hydrogen) atoms. The van der Waals surface area contributed by atoms with Gasteiger partial charge in [0.15, 0.2) is 0 Å². The van der Waals surface area contributed by atoms with Crippen LogP contribution in [0.25, 0.3) is 0 Å². The number of para-hydroxylation sites is 1. The molecule has 2 aromatic rings. The first-order valence-electron chi connectivity index (χ1n) is 8.95. The molecule has 2 nitrogen and oxygen atoms in total. The van der Waals surface area contributed by atoms with Gasteiger partial charge in [-0.2, -0.15) is 0 Å². The molecule has 0 spiro atoms. The third-order valence-electron chi connectivity index (χ3n) is 5.37. The minimum atomic E-state index is 0.293. The Kier molecular flexibility index (Phi) is 3.84. The van der Waals surface area contributed by atoms with E-state index in [1.54, 1.807) is 0 Å². The van der Waals surface area contributed by atoms with Gasteiger partial charge in [0.1, 0.15) is 5.75 Å². The van der Waals surface area contributed by atoms with Gasteiger partial charge >= 0.3 is 0 Å². The van der Waals surface area contributed by atoms with Crippen molar-refractivity contribution in [2.45, 2.75) is 39.2 Å². The predicted molar refractivity (Wildman–Crippen MR) is 99.9 cm³/mol. The topological polar surface area (TPSA) is 21.3 Å². The van der Waals surface area contributed by atoms with Crippen LogP contribution in [0.15, 0.2) is 48.6 Å². The molecule has 3 unspecified atom stereocenters. The van der Waals surface area contributed by atoms with Gasteiger partial charge in [0, 0.05) is 17.2 Å². The van der Waals surface area contributed by atoms with Crippen molar-refractivity contribution in [2.24, 2.45) is 5.92 Å². The zero-order valence-electron chi connectivity index (χ0n) is 14.7. The summed E-state index contributed by atoms with van der Waals surface area (Å²) < 4.78 is 5.91. The molecule has 0 aromatic heterocycles. The van der Waals surface area contributed by atoms with E-state index in [2.05, 4.69) is 67.7 Å². The largest absolute Gasteiger partial charge is 0.494 e. The van der Waals surface area contributed by atoms with Crippen molar-refractivity contribution in [1.82, 2.24) is 0 Å². The van der Waals surface area contributed by atoms with Crippen LogP contribution in [0.2, 0.25) is 0 Å². The SMILES string of the molecule is CCOc1ccccc1C1Nc2cc(C)cc(C)c2C2C=CCC21. The fourth-order valence-corrected chi connectivity index (χ4v) is 4.47. The molecular weight excluding hydrogens is 294 g/mol. The van der Waals surface area contributed by atoms with Gasteiger partial charge in [-0.25, -0.2) is 0 Å². The van der Waals surface area contributed by atoms with Gasteiger partial charge in [-0.05, 0) is 61.9 Å². The fraction of sp³-hybridized carbons (Fsp3) is 0.364. The summed E-state index contributed by atoms with van der Waals surface area (Å²) in [5.41, 5.74) is 6.76. The average molecular weight is 319 g/mol. The Balaban J connectivity index is 1.82. The van der Waals surface area contributed by atoms with Gasteiger partial charge in [-0.15, -0.1) is 0 Å². The predicted octanol–water partition coefficient (Wildman–Crippen LogP) is 5.53. The first-order valence-corrected chi connectivity index (χ1v) is 8.95. The second kappa shape index (κ2) is 6.01. The van der Waals surface area contributed by atoms with E-state index in [9.17, 15) is 0 Å². The average Bonchev–Trinajstić information content (AvgIpc) is 3.03. The fourth-order valence-electron chi connectivity index (χ4n) is 4.47. The molecule has 0 radical (unpaired) electrons. The molecule has 4 rings (SSSR count). The lowest BCUT2D eigenvalue weighted by molar-refractivity contribution is 0.326. The number of aryl methyl sites for hydroxylation is 2. The van der Waals surface area contributed by atoms with E-state index in [-0.39, 0.29) is 0 Å². The van der Waals surface area contributed by atoms with E-state index in [1.807, 2.05) is 6.92 Å². The number of rotatable bonds is 3. The first kappa shape index (κ1) is 15.3. The van der Waals surface area contributed by atoms with Crippen LogP contribution in [0, 0.1) is 19.8 Å². The Hall–Kier alpha value is -2.22. The van der Waals surface area contributed by atoms with Gasteiger partial charge < -0.3 is 10.1 Å². The molecule has 1 heterocycles.